The van der Waals surface area contributed by atoms with Crippen LogP contribution in [0.25, 0.3) is 28.3 Å². The predicted octanol–water partition coefficient (Wildman–Crippen LogP) is 4.72. The van der Waals surface area contributed by atoms with Crippen molar-refractivity contribution in [1.82, 2.24) is 9.97 Å². The van der Waals surface area contributed by atoms with Crippen LogP contribution >= 0.6 is 0 Å². The smallest absolute Gasteiger partial charge is 0.261 e. The molecule has 0 saturated heterocycles. The topological polar surface area (TPSA) is 85.1 Å². The molecule has 0 amide bonds. The Morgan fingerprint density at radius 1 is 1.04 bits per heavy atom. The Hall–Kier alpha value is -3.45. The zero-order valence-electron chi connectivity index (χ0n) is 15.1. The van der Waals surface area contributed by atoms with Crippen LogP contribution in [0.4, 0.5) is 5.69 Å². The Morgan fingerprint density at radius 2 is 1.79 bits per heavy atom. The van der Waals surface area contributed by atoms with E-state index in [-0.39, 0.29) is 4.90 Å². The first-order chi connectivity index (χ1) is 13.4. The number of para-hydroxylation sites is 1. The van der Waals surface area contributed by atoms with Crippen LogP contribution in [0.3, 0.4) is 0 Å². The van der Waals surface area contributed by atoms with Crippen molar-refractivity contribution in [3.63, 3.8) is 0 Å². The van der Waals surface area contributed by atoms with Crippen molar-refractivity contribution >= 4 is 32.5 Å². The van der Waals surface area contributed by atoms with Crippen LogP contribution in [-0.2, 0) is 10.0 Å². The molecule has 7 heteroatoms. The van der Waals surface area contributed by atoms with Gasteiger partial charge in [-0.3, -0.25) is 4.72 Å². The van der Waals surface area contributed by atoms with Crippen LogP contribution < -0.4 is 4.72 Å². The fourth-order valence-electron chi connectivity index (χ4n) is 2.77. The molecule has 4 aromatic rings. The van der Waals surface area contributed by atoms with Gasteiger partial charge in [-0.05, 0) is 48.9 Å². The van der Waals surface area contributed by atoms with Gasteiger partial charge in [0.05, 0.1) is 16.1 Å². The SMILES string of the molecule is C=C(C)c1ccc(S(=O)(=O)Nc2ccccc2-c2nc3ncccc3o2)cc1. The maximum Gasteiger partial charge on any atom is 0.261 e. The van der Waals surface area contributed by atoms with Gasteiger partial charge in [0.1, 0.15) is 0 Å². The number of anilines is 1. The molecule has 0 aliphatic carbocycles. The molecule has 0 atom stereocenters. The molecule has 0 bridgehead atoms. The normalized spacial score (nSPS) is 11.5. The van der Waals surface area contributed by atoms with Crippen molar-refractivity contribution < 1.29 is 12.8 Å². The summed E-state index contributed by atoms with van der Waals surface area (Å²) >= 11 is 0. The van der Waals surface area contributed by atoms with Crippen molar-refractivity contribution in [2.24, 2.45) is 0 Å². The average molecular weight is 391 g/mol. The largest absolute Gasteiger partial charge is 0.434 e. The van der Waals surface area contributed by atoms with Crippen LogP contribution in [0.5, 0.6) is 0 Å². The average Bonchev–Trinajstić information content (AvgIpc) is 3.12. The Balaban J connectivity index is 1.71. The molecule has 140 valence electrons. The quantitative estimate of drug-likeness (QED) is 0.532. The van der Waals surface area contributed by atoms with Gasteiger partial charge >= 0.3 is 0 Å². The van der Waals surface area contributed by atoms with Crippen LogP contribution in [0.2, 0.25) is 0 Å². The van der Waals surface area contributed by atoms with Gasteiger partial charge in [-0.15, -0.1) is 0 Å². The van der Waals surface area contributed by atoms with E-state index in [0.29, 0.717) is 28.4 Å². The minimum atomic E-state index is -3.78. The van der Waals surface area contributed by atoms with E-state index < -0.39 is 10.0 Å². The highest BCUT2D eigenvalue weighted by Gasteiger charge is 2.19. The third-order valence-electron chi connectivity index (χ3n) is 4.22. The number of oxazole rings is 1. The molecule has 0 spiro atoms. The van der Waals surface area contributed by atoms with E-state index in [0.717, 1.165) is 11.1 Å². The number of allylic oxidation sites excluding steroid dienone is 1. The molecule has 2 heterocycles. The predicted molar refractivity (Wildman–Crippen MR) is 109 cm³/mol. The fraction of sp³-hybridized carbons (Fsp3) is 0.0476. The number of nitrogens with zero attached hydrogens (tertiary/aromatic N) is 2. The molecule has 2 aromatic carbocycles. The molecule has 0 aliphatic rings. The molecule has 2 aromatic heterocycles. The van der Waals surface area contributed by atoms with Gasteiger partial charge in [-0.1, -0.05) is 36.4 Å². The van der Waals surface area contributed by atoms with Crippen LogP contribution in [0, 0.1) is 0 Å². The summed E-state index contributed by atoms with van der Waals surface area (Å²) in [5.41, 5.74) is 3.65. The van der Waals surface area contributed by atoms with E-state index >= 15 is 0 Å². The summed E-state index contributed by atoms with van der Waals surface area (Å²) in [7, 11) is -3.78. The van der Waals surface area contributed by atoms with Crippen LogP contribution in [-0.4, -0.2) is 18.4 Å². The number of pyridine rings is 1. The molecule has 4 rings (SSSR count). The molecule has 0 fully saturated rings. The highest BCUT2D eigenvalue weighted by Crippen LogP contribution is 2.31. The lowest BCUT2D eigenvalue weighted by Crippen LogP contribution is -2.13. The number of benzene rings is 2. The highest BCUT2D eigenvalue weighted by atomic mass is 32.2. The molecule has 0 radical (unpaired) electrons. The summed E-state index contributed by atoms with van der Waals surface area (Å²) in [5, 5.41) is 0. The molecular weight excluding hydrogens is 374 g/mol. The lowest BCUT2D eigenvalue weighted by atomic mass is 10.1. The first-order valence-electron chi connectivity index (χ1n) is 8.54. The maximum absolute atomic E-state index is 12.8. The zero-order valence-corrected chi connectivity index (χ0v) is 15.9. The monoisotopic (exact) mass is 391 g/mol. The van der Waals surface area contributed by atoms with Gasteiger partial charge < -0.3 is 4.42 Å². The van der Waals surface area contributed by atoms with E-state index in [1.54, 1.807) is 66.9 Å². The number of hydrogen-bond acceptors (Lipinski definition) is 5. The lowest BCUT2D eigenvalue weighted by molar-refractivity contribution is 0.601. The summed E-state index contributed by atoms with van der Waals surface area (Å²) in [6.45, 7) is 5.73. The van der Waals surface area contributed by atoms with E-state index in [4.69, 9.17) is 4.42 Å². The number of rotatable bonds is 5. The molecule has 0 saturated carbocycles. The maximum atomic E-state index is 12.8. The second kappa shape index (κ2) is 6.94. The van der Waals surface area contributed by atoms with Crippen molar-refractivity contribution in [3.05, 3.63) is 79.0 Å². The lowest BCUT2D eigenvalue weighted by Gasteiger charge is -2.11. The standard InChI is InChI=1S/C21H17N3O3S/c1-14(2)15-9-11-16(12-10-15)28(25,26)24-18-7-4-3-6-17(18)21-23-20-19(27-21)8-5-13-22-20/h3-13,24H,1H2,2H3. The highest BCUT2D eigenvalue weighted by molar-refractivity contribution is 7.92. The fourth-order valence-corrected chi connectivity index (χ4v) is 3.84. The van der Waals surface area contributed by atoms with Crippen LogP contribution in [0.15, 0.2) is 82.8 Å². The van der Waals surface area contributed by atoms with Crippen molar-refractivity contribution in [1.29, 1.82) is 0 Å². The summed E-state index contributed by atoms with van der Waals surface area (Å²) < 4.78 is 34.0. The van der Waals surface area contributed by atoms with Gasteiger partial charge in [-0.2, -0.15) is 4.98 Å². The molecule has 6 nitrogen and oxygen atoms in total. The molecule has 0 unspecified atom stereocenters. The number of fused-ring (bicyclic) bond motifs is 1. The number of hydrogen-bond donors (Lipinski definition) is 1. The molecule has 28 heavy (non-hydrogen) atoms. The second-order valence-corrected chi connectivity index (χ2v) is 7.98. The summed E-state index contributed by atoms with van der Waals surface area (Å²) in [6.07, 6.45) is 1.62. The Kier molecular flexibility index (Phi) is 4.44. The third-order valence-corrected chi connectivity index (χ3v) is 5.61. The third kappa shape index (κ3) is 3.39. The van der Waals surface area contributed by atoms with Gasteiger partial charge in [-0.25, -0.2) is 13.4 Å². The zero-order chi connectivity index (χ0) is 19.7. The van der Waals surface area contributed by atoms with E-state index in [9.17, 15) is 8.42 Å². The summed E-state index contributed by atoms with van der Waals surface area (Å²) in [5.74, 6) is 0.296. The van der Waals surface area contributed by atoms with Crippen molar-refractivity contribution in [2.75, 3.05) is 4.72 Å². The van der Waals surface area contributed by atoms with Crippen LogP contribution in [0.1, 0.15) is 12.5 Å². The second-order valence-electron chi connectivity index (χ2n) is 6.30. The number of sulfonamides is 1. The van der Waals surface area contributed by atoms with E-state index in [1.165, 1.54) is 0 Å². The number of aromatic nitrogens is 2. The van der Waals surface area contributed by atoms with E-state index in [2.05, 4.69) is 21.3 Å². The minimum absolute atomic E-state index is 0.159. The first-order valence-corrected chi connectivity index (χ1v) is 10.0. The van der Waals surface area contributed by atoms with Gasteiger partial charge in [0, 0.05) is 6.20 Å². The first kappa shape index (κ1) is 17.9. The Morgan fingerprint density at radius 3 is 2.50 bits per heavy atom. The van der Waals surface area contributed by atoms with Gasteiger partial charge in [0.25, 0.3) is 10.0 Å². The van der Waals surface area contributed by atoms with Crippen molar-refractivity contribution in [2.45, 2.75) is 11.8 Å². The Labute approximate surface area is 162 Å². The van der Waals surface area contributed by atoms with Crippen molar-refractivity contribution in [3.8, 4) is 11.5 Å². The van der Waals surface area contributed by atoms with Gasteiger partial charge in [0.2, 0.25) is 5.89 Å². The van der Waals surface area contributed by atoms with Gasteiger partial charge in [0.15, 0.2) is 11.2 Å². The van der Waals surface area contributed by atoms with E-state index in [1.807, 2.05) is 6.92 Å². The minimum Gasteiger partial charge on any atom is -0.434 e. The summed E-state index contributed by atoms with van der Waals surface area (Å²) in [6, 6.07) is 17.0. The molecule has 1 N–H and O–H groups in total. The molecule has 0 aliphatic heterocycles. The Bertz CT molecular complexity index is 1240. The molecular formula is C21H17N3O3S. The summed E-state index contributed by atoms with van der Waals surface area (Å²) in [4.78, 5) is 8.66. The number of nitrogens with one attached hydrogen (secondary N) is 1.